The Hall–Kier alpha value is -3.65. The Morgan fingerprint density at radius 3 is 2.23 bits per heavy atom. The fourth-order valence-corrected chi connectivity index (χ4v) is 3.41. The molecule has 2 aromatic heterocycles. The minimum atomic E-state index is -0.379. The predicted octanol–water partition coefficient (Wildman–Crippen LogP) is 4.34. The molecule has 0 saturated heterocycles. The van der Waals surface area contributed by atoms with Crippen molar-refractivity contribution in [2.75, 3.05) is 0 Å². The van der Waals surface area contributed by atoms with Crippen molar-refractivity contribution in [2.24, 2.45) is 17.3 Å². The molecular formula is C21H19ClN6O2. The van der Waals surface area contributed by atoms with Gasteiger partial charge in [-0.15, -0.1) is 10.2 Å². The van der Waals surface area contributed by atoms with Gasteiger partial charge in [0.1, 0.15) is 0 Å². The number of hydrogen-bond donors (Lipinski definition) is 1. The van der Waals surface area contributed by atoms with E-state index < -0.39 is 0 Å². The minimum Gasteiger partial charge on any atom is -0.293 e. The maximum atomic E-state index is 12.9. The number of halogens is 1. The molecule has 0 spiro atoms. The molecule has 30 heavy (non-hydrogen) atoms. The van der Waals surface area contributed by atoms with Crippen LogP contribution in [0.2, 0.25) is 5.02 Å². The van der Waals surface area contributed by atoms with Crippen LogP contribution >= 0.6 is 11.6 Å². The molecule has 8 nitrogen and oxygen atoms in total. The van der Waals surface area contributed by atoms with Crippen LogP contribution in [0.15, 0.2) is 74.4 Å². The van der Waals surface area contributed by atoms with Crippen molar-refractivity contribution in [1.82, 2.24) is 19.1 Å². The number of hydrogen-bond acceptors (Lipinski definition) is 4. The molecule has 0 aliphatic carbocycles. The second-order valence-corrected chi connectivity index (χ2v) is 7.25. The topological polar surface area (TPSA) is 89.4 Å². The predicted molar refractivity (Wildman–Crippen MR) is 116 cm³/mol. The summed E-state index contributed by atoms with van der Waals surface area (Å²) < 4.78 is 4.56. The molecule has 1 N–H and O–H groups in total. The van der Waals surface area contributed by atoms with Crippen LogP contribution in [-0.2, 0) is 7.05 Å². The van der Waals surface area contributed by atoms with E-state index in [9.17, 15) is 9.59 Å². The van der Waals surface area contributed by atoms with Crippen molar-refractivity contribution in [1.29, 1.82) is 0 Å². The molecule has 9 heteroatoms. The van der Waals surface area contributed by atoms with Gasteiger partial charge >= 0.3 is 0 Å². The van der Waals surface area contributed by atoms with Gasteiger partial charge in [-0.3, -0.25) is 19.4 Å². The molecule has 0 unspecified atom stereocenters. The first-order valence-corrected chi connectivity index (χ1v) is 9.59. The first-order chi connectivity index (χ1) is 14.4. The molecule has 0 aliphatic heterocycles. The highest BCUT2D eigenvalue weighted by Crippen LogP contribution is 2.21. The van der Waals surface area contributed by atoms with Crippen molar-refractivity contribution in [3.63, 3.8) is 0 Å². The number of para-hydroxylation sites is 1. The summed E-state index contributed by atoms with van der Waals surface area (Å²) in [7, 11) is 1.77. The third-order valence-corrected chi connectivity index (χ3v) is 5.12. The van der Waals surface area contributed by atoms with E-state index in [1.807, 2.05) is 30.3 Å². The Labute approximate surface area is 176 Å². The van der Waals surface area contributed by atoms with E-state index in [1.54, 1.807) is 49.8 Å². The third-order valence-electron chi connectivity index (χ3n) is 4.88. The molecule has 152 valence electrons. The summed E-state index contributed by atoms with van der Waals surface area (Å²) in [6.45, 7) is 3.50. The van der Waals surface area contributed by atoms with Gasteiger partial charge in [0.15, 0.2) is 11.4 Å². The smallest absolute Gasteiger partial charge is 0.293 e. The average molecular weight is 423 g/mol. The SMILES string of the molecule is Cc1[nH]n(-c2cccc(Cl)c2)c(=O)c1N=Nc1c(C)n(C)n(-c2ccccc2)c1=O. The van der Waals surface area contributed by atoms with Gasteiger partial charge in [-0.1, -0.05) is 35.9 Å². The lowest BCUT2D eigenvalue weighted by Gasteiger charge is -2.07. The van der Waals surface area contributed by atoms with E-state index in [-0.39, 0.29) is 22.5 Å². The molecule has 4 aromatic rings. The standard InChI is InChI=1S/C21H19ClN6O2/c1-13-18(20(29)27(25-13)17-11-7-8-15(22)12-17)23-24-19-14(2)26(3)28(21(19)30)16-9-5-4-6-10-16/h4-12,25H,1-3H3. The van der Waals surface area contributed by atoms with Crippen LogP contribution < -0.4 is 11.1 Å². The molecule has 0 bridgehead atoms. The molecular weight excluding hydrogens is 404 g/mol. The molecule has 0 amide bonds. The number of azo groups is 1. The molecule has 4 rings (SSSR count). The second-order valence-electron chi connectivity index (χ2n) is 6.82. The number of benzene rings is 2. The number of rotatable bonds is 4. The molecule has 0 fully saturated rings. The number of aryl methyl sites for hydroxylation is 1. The maximum Gasteiger partial charge on any atom is 0.299 e. The monoisotopic (exact) mass is 422 g/mol. The van der Waals surface area contributed by atoms with Crippen molar-refractivity contribution in [2.45, 2.75) is 13.8 Å². The van der Waals surface area contributed by atoms with Gasteiger partial charge in [0.25, 0.3) is 11.1 Å². The largest absolute Gasteiger partial charge is 0.299 e. The van der Waals surface area contributed by atoms with Gasteiger partial charge in [-0.2, -0.15) is 0 Å². The van der Waals surface area contributed by atoms with Gasteiger partial charge in [0, 0.05) is 12.1 Å². The van der Waals surface area contributed by atoms with E-state index in [0.29, 0.717) is 22.1 Å². The Morgan fingerprint density at radius 1 is 0.867 bits per heavy atom. The zero-order valence-corrected chi connectivity index (χ0v) is 17.4. The highest BCUT2D eigenvalue weighted by molar-refractivity contribution is 6.30. The van der Waals surface area contributed by atoms with Crippen LogP contribution in [0.4, 0.5) is 11.4 Å². The lowest BCUT2D eigenvalue weighted by Crippen LogP contribution is -2.19. The van der Waals surface area contributed by atoms with Gasteiger partial charge in [-0.05, 0) is 44.2 Å². The molecule has 0 atom stereocenters. The normalized spacial score (nSPS) is 11.5. The first kappa shape index (κ1) is 19.7. The van der Waals surface area contributed by atoms with Crippen LogP contribution in [0.3, 0.4) is 0 Å². The lowest BCUT2D eigenvalue weighted by molar-refractivity contribution is 0.630. The summed E-state index contributed by atoms with van der Waals surface area (Å²) >= 11 is 6.03. The van der Waals surface area contributed by atoms with Crippen LogP contribution in [0.5, 0.6) is 0 Å². The van der Waals surface area contributed by atoms with Gasteiger partial charge < -0.3 is 0 Å². The van der Waals surface area contributed by atoms with E-state index in [2.05, 4.69) is 15.3 Å². The minimum absolute atomic E-state index is 0.129. The molecule has 0 saturated carbocycles. The van der Waals surface area contributed by atoms with Crippen LogP contribution in [-0.4, -0.2) is 19.1 Å². The lowest BCUT2D eigenvalue weighted by atomic mass is 10.3. The quantitative estimate of drug-likeness (QED) is 0.495. The van der Waals surface area contributed by atoms with E-state index >= 15 is 0 Å². The van der Waals surface area contributed by atoms with Gasteiger partial charge in [0.2, 0.25) is 0 Å². The molecule has 2 heterocycles. The van der Waals surface area contributed by atoms with Gasteiger partial charge in [-0.25, -0.2) is 9.36 Å². The van der Waals surface area contributed by atoms with Crippen molar-refractivity contribution in [3.05, 3.63) is 91.7 Å². The summed E-state index contributed by atoms with van der Waals surface area (Å²) in [5.74, 6) is 0. The maximum absolute atomic E-state index is 12.9. The van der Waals surface area contributed by atoms with E-state index in [0.717, 1.165) is 5.69 Å². The zero-order chi connectivity index (χ0) is 21.4. The van der Waals surface area contributed by atoms with Crippen LogP contribution in [0.25, 0.3) is 11.4 Å². The van der Waals surface area contributed by atoms with Gasteiger partial charge in [0.05, 0.1) is 22.8 Å². The summed E-state index contributed by atoms with van der Waals surface area (Å²) in [6, 6.07) is 16.2. The summed E-state index contributed by atoms with van der Waals surface area (Å²) in [5, 5.41) is 11.7. The average Bonchev–Trinajstić information content (AvgIpc) is 3.13. The number of nitrogens with zero attached hydrogens (tertiary/aromatic N) is 5. The zero-order valence-electron chi connectivity index (χ0n) is 16.6. The molecule has 0 radical (unpaired) electrons. The molecule has 2 aromatic carbocycles. The first-order valence-electron chi connectivity index (χ1n) is 9.22. The Morgan fingerprint density at radius 2 is 1.53 bits per heavy atom. The number of H-pyrrole nitrogens is 1. The highest BCUT2D eigenvalue weighted by atomic mass is 35.5. The summed E-state index contributed by atoms with van der Waals surface area (Å²) in [4.78, 5) is 25.8. The number of nitrogens with one attached hydrogen (secondary N) is 1. The fraction of sp³-hybridized carbons (Fsp3) is 0.143. The second kappa shape index (κ2) is 7.64. The Kier molecular flexibility index (Phi) is 5.01. The number of aromatic nitrogens is 4. The molecule has 0 aliphatic rings. The van der Waals surface area contributed by atoms with Crippen molar-refractivity contribution < 1.29 is 0 Å². The summed E-state index contributed by atoms with van der Waals surface area (Å²) in [6.07, 6.45) is 0. The third kappa shape index (κ3) is 3.31. The van der Waals surface area contributed by atoms with E-state index in [1.165, 1.54) is 9.36 Å². The van der Waals surface area contributed by atoms with Crippen LogP contribution in [0.1, 0.15) is 11.4 Å². The number of aromatic amines is 1. The van der Waals surface area contributed by atoms with Crippen molar-refractivity contribution in [3.8, 4) is 11.4 Å². The Balaban J connectivity index is 1.78. The van der Waals surface area contributed by atoms with Crippen molar-refractivity contribution >= 4 is 23.0 Å². The highest BCUT2D eigenvalue weighted by Gasteiger charge is 2.17. The fourth-order valence-electron chi connectivity index (χ4n) is 3.22. The van der Waals surface area contributed by atoms with Crippen LogP contribution in [0, 0.1) is 13.8 Å². The van der Waals surface area contributed by atoms with E-state index in [4.69, 9.17) is 11.6 Å². The summed E-state index contributed by atoms with van der Waals surface area (Å²) in [5.41, 5.74) is 2.08. The Bertz CT molecular complexity index is 1370.